The number of nitrogens with one attached hydrogen (secondary N) is 2. The van der Waals surface area contributed by atoms with Crippen molar-refractivity contribution in [2.45, 2.75) is 31.5 Å². The summed E-state index contributed by atoms with van der Waals surface area (Å²) in [5.41, 5.74) is 8.60. The fourth-order valence-corrected chi connectivity index (χ4v) is 5.43. The minimum Gasteiger partial charge on any atom is -0.359 e. The van der Waals surface area contributed by atoms with Crippen LogP contribution >= 0.6 is 23.2 Å². The van der Waals surface area contributed by atoms with E-state index in [-0.39, 0.29) is 18.1 Å². The summed E-state index contributed by atoms with van der Waals surface area (Å²) >= 11 is 12.7. The summed E-state index contributed by atoms with van der Waals surface area (Å²) in [6, 6.07) is 8.50. The first kappa shape index (κ1) is 24.9. The first-order valence-corrected chi connectivity index (χ1v) is 14.0. The van der Waals surface area contributed by atoms with Crippen LogP contribution in [-0.2, 0) is 10.8 Å². The molecule has 12 heteroatoms. The van der Waals surface area contributed by atoms with Crippen molar-refractivity contribution < 1.29 is 9.00 Å². The summed E-state index contributed by atoms with van der Waals surface area (Å²) in [7, 11) is -0.992. The lowest BCUT2D eigenvalue weighted by atomic mass is 10.1. The van der Waals surface area contributed by atoms with Gasteiger partial charge in [-0.2, -0.15) is 0 Å². The molecule has 2 aromatic heterocycles. The largest absolute Gasteiger partial charge is 0.359 e. The van der Waals surface area contributed by atoms with E-state index in [9.17, 15) is 9.00 Å². The van der Waals surface area contributed by atoms with Gasteiger partial charge in [0.2, 0.25) is 0 Å². The second kappa shape index (κ2) is 10.3. The second-order valence-corrected chi connectivity index (χ2v) is 11.2. The van der Waals surface area contributed by atoms with Gasteiger partial charge in [-0.25, -0.2) is 15.0 Å². The summed E-state index contributed by atoms with van der Waals surface area (Å²) in [5.74, 6) is 1.47. The van der Waals surface area contributed by atoms with Crippen LogP contribution < -0.4 is 11.1 Å². The molecule has 0 saturated carbocycles. The van der Waals surface area contributed by atoms with Crippen LogP contribution in [0.5, 0.6) is 0 Å². The van der Waals surface area contributed by atoms with E-state index in [2.05, 4.69) is 20.3 Å². The monoisotopic (exact) mass is 545 g/mol. The molecule has 188 valence electrons. The van der Waals surface area contributed by atoms with Crippen LogP contribution in [0.1, 0.15) is 41.5 Å². The van der Waals surface area contributed by atoms with Crippen LogP contribution in [0.25, 0.3) is 21.9 Å². The number of amides is 1. The van der Waals surface area contributed by atoms with E-state index in [0.29, 0.717) is 56.9 Å². The van der Waals surface area contributed by atoms with Crippen molar-refractivity contribution >= 4 is 67.7 Å². The van der Waals surface area contributed by atoms with Gasteiger partial charge in [0.1, 0.15) is 18.0 Å². The van der Waals surface area contributed by atoms with Crippen molar-refractivity contribution in [2.75, 3.05) is 23.9 Å². The SMILES string of the molecule is CS(=O)CC[C@H](Nc1ncnc2cc(C(=O)N3CCCC3N)c(Cl)cc12)c1nc2ccc(Cl)cc2[nH]1. The summed E-state index contributed by atoms with van der Waals surface area (Å²) in [6.07, 6.45) is 4.97. The Kier molecular flexibility index (Phi) is 7.11. The van der Waals surface area contributed by atoms with Gasteiger partial charge in [0, 0.05) is 39.8 Å². The number of aromatic nitrogens is 4. The van der Waals surface area contributed by atoms with E-state index in [0.717, 1.165) is 23.9 Å². The molecule has 9 nitrogen and oxygen atoms in total. The van der Waals surface area contributed by atoms with E-state index in [1.165, 1.54) is 6.33 Å². The molecule has 4 N–H and O–H groups in total. The maximum Gasteiger partial charge on any atom is 0.256 e. The van der Waals surface area contributed by atoms with Gasteiger partial charge in [-0.05, 0) is 49.6 Å². The molecule has 1 aliphatic heterocycles. The minimum absolute atomic E-state index is 0.204. The van der Waals surface area contributed by atoms with E-state index in [4.69, 9.17) is 33.9 Å². The Labute approximate surface area is 220 Å². The van der Waals surface area contributed by atoms with Crippen molar-refractivity contribution in [3.63, 3.8) is 0 Å². The molecule has 4 aromatic rings. The fraction of sp³-hybridized carbons (Fsp3) is 0.333. The first-order chi connectivity index (χ1) is 17.3. The third-order valence-corrected chi connectivity index (χ3v) is 7.67. The molecule has 0 radical (unpaired) electrons. The van der Waals surface area contributed by atoms with Gasteiger partial charge in [-0.15, -0.1) is 0 Å². The van der Waals surface area contributed by atoms with Gasteiger partial charge < -0.3 is 20.9 Å². The number of aromatic amines is 1. The smallest absolute Gasteiger partial charge is 0.256 e. The number of nitrogens with zero attached hydrogens (tertiary/aromatic N) is 4. The van der Waals surface area contributed by atoms with E-state index in [1.807, 2.05) is 12.1 Å². The normalized spacial score (nSPS) is 17.6. The standard InChI is InChI=1S/C24H25Cl2N7O2S/c1-36(35)8-6-18(23-30-17-5-4-13(25)9-20(17)32-23)31-22-15-10-16(26)14(11-19(15)28-12-29-22)24(34)33-7-2-3-21(33)27/h4-5,9-12,18,21H,2-3,6-8,27H2,1H3,(H,30,32)(H,28,29,31)/t18-,21?,36?/m0/s1. The van der Waals surface area contributed by atoms with Crippen molar-refractivity contribution in [3.05, 3.63) is 58.1 Å². The molecule has 1 fully saturated rings. The highest BCUT2D eigenvalue weighted by Crippen LogP contribution is 2.31. The number of H-pyrrole nitrogens is 1. The molecule has 2 unspecified atom stereocenters. The van der Waals surface area contributed by atoms with Crippen molar-refractivity contribution in [1.82, 2.24) is 24.8 Å². The lowest BCUT2D eigenvalue weighted by Gasteiger charge is -2.22. The zero-order valence-electron chi connectivity index (χ0n) is 19.5. The van der Waals surface area contributed by atoms with E-state index >= 15 is 0 Å². The topological polar surface area (TPSA) is 130 Å². The van der Waals surface area contributed by atoms with Gasteiger partial charge in [-0.3, -0.25) is 9.00 Å². The Hall–Kier alpha value is -2.79. The molecule has 1 saturated heterocycles. The number of anilines is 1. The third kappa shape index (κ3) is 5.04. The summed E-state index contributed by atoms with van der Waals surface area (Å²) in [4.78, 5) is 31.5. The zero-order chi connectivity index (χ0) is 25.4. The first-order valence-electron chi connectivity index (χ1n) is 11.5. The van der Waals surface area contributed by atoms with Crippen molar-refractivity contribution in [2.24, 2.45) is 5.73 Å². The lowest BCUT2D eigenvalue weighted by Crippen LogP contribution is -2.41. The molecule has 5 rings (SSSR count). The molecule has 1 aliphatic rings. The molecule has 3 atom stereocenters. The molecule has 1 amide bonds. The number of hydrogen-bond acceptors (Lipinski definition) is 7. The minimum atomic E-state index is -0.992. The highest BCUT2D eigenvalue weighted by Gasteiger charge is 2.28. The Bertz CT molecular complexity index is 1480. The zero-order valence-corrected chi connectivity index (χ0v) is 21.8. The molecular weight excluding hydrogens is 521 g/mol. The number of fused-ring (bicyclic) bond motifs is 2. The Morgan fingerprint density at radius 1 is 1.28 bits per heavy atom. The quantitative estimate of drug-likeness (QED) is 0.316. The Balaban J connectivity index is 1.50. The number of halogens is 2. The van der Waals surface area contributed by atoms with Crippen molar-refractivity contribution in [1.29, 1.82) is 0 Å². The second-order valence-electron chi connectivity index (χ2n) is 8.83. The number of rotatable bonds is 7. The predicted molar refractivity (Wildman–Crippen MR) is 144 cm³/mol. The maximum atomic E-state index is 13.1. The molecule has 3 heterocycles. The Morgan fingerprint density at radius 3 is 2.86 bits per heavy atom. The maximum absolute atomic E-state index is 13.1. The number of imidazole rings is 1. The summed E-state index contributed by atoms with van der Waals surface area (Å²) < 4.78 is 11.9. The average Bonchev–Trinajstić information content (AvgIpc) is 3.46. The van der Waals surface area contributed by atoms with Crippen molar-refractivity contribution in [3.8, 4) is 0 Å². The van der Waals surface area contributed by atoms with Crippen LogP contribution in [0.3, 0.4) is 0 Å². The lowest BCUT2D eigenvalue weighted by molar-refractivity contribution is 0.0741. The van der Waals surface area contributed by atoms with Gasteiger partial charge in [0.25, 0.3) is 5.91 Å². The number of nitrogens with two attached hydrogens (primary N) is 1. The van der Waals surface area contributed by atoms with E-state index in [1.54, 1.807) is 29.4 Å². The number of likely N-dealkylation sites (tertiary alicyclic amines) is 1. The Morgan fingerprint density at radius 2 is 2.11 bits per heavy atom. The van der Waals surface area contributed by atoms with Crippen LogP contribution in [0.15, 0.2) is 36.7 Å². The van der Waals surface area contributed by atoms with E-state index < -0.39 is 10.8 Å². The summed E-state index contributed by atoms with van der Waals surface area (Å²) in [6.45, 7) is 0.605. The van der Waals surface area contributed by atoms with Gasteiger partial charge in [0.15, 0.2) is 0 Å². The fourth-order valence-electron chi connectivity index (χ4n) is 4.45. The highest BCUT2D eigenvalue weighted by molar-refractivity contribution is 7.84. The molecular formula is C24H25Cl2N7O2S. The molecule has 2 aromatic carbocycles. The number of hydrogen-bond donors (Lipinski definition) is 3. The van der Waals surface area contributed by atoms with Gasteiger partial charge in [0.05, 0.1) is 39.3 Å². The number of carbonyl (C=O) groups excluding carboxylic acids is 1. The van der Waals surface area contributed by atoms with Crippen LogP contribution in [-0.4, -0.2) is 59.7 Å². The third-order valence-electron chi connectivity index (χ3n) is 6.31. The van der Waals surface area contributed by atoms with Crippen LogP contribution in [0.4, 0.5) is 5.82 Å². The van der Waals surface area contributed by atoms with Crippen LogP contribution in [0.2, 0.25) is 10.0 Å². The molecule has 0 bridgehead atoms. The molecule has 0 aliphatic carbocycles. The average molecular weight is 546 g/mol. The predicted octanol–water partition coefficient (Wildman–Crippen LogP) is 4.26. The molecule has 36 heavy (non-hydrogen) atoms. The summed E-state index contributed by atoms with van der Waals surface area (Å²) in [5, 5.41) is 4.99. The number of carbonyl (C=O) groups is 1. The van der Waals surface area contributed by atoms with Gasteiger partial charge >= 0.3 is 0 Å². The highest BCUT2D eigenvalue weighted by atomic mass is 35.5. The molecule has 0 spiro atoms. The van der Waals surface area contributed by atoms with Gasteiger partial charge in [-0.1, -0.05) is 23.2 Å². The van der Waals surface area contributed by atoms with Crippen LogP contribution in [0, 0.1) is 0 Å². The number of benzene rings is 2.